The van der Waals surface area contributed by atoms with Gasteiger partial charge in [0, 0.05) is 5.92 Å². The number of hydrogen-bond acceptors (Lipinski definition) is 2. The maximum absolute atomic E-state index is 13.1. The molecule has 1 atom stereocenters. The van der Waals surface area contributed by atoms with Gasteiger partial charge in [-0.3, -0.25) is 4.79 Å². The van der Waals surface area contributed by atoms with Crippen LogP contribution in [0.1, 0.15) is 59.2 Å². The van der Waals surface area contributed by atoms with E-state index in [4.69, 9.17) is 4.74 Å². The molecule has 1 unspecified atom stereocenters. The van der Waals surface area contributed by atoms with Crippen LogP contribution in [-0.4, -0.2) is 12.4 Å². The molecule has 136 valence electrons. The van der Waals surface area contributed by atoms with Crippen molar-refractivity contribution in [3.63, 3.8) is 0 Å². The Bertz CT molecular complexity index is 769. The molecule has 0 aromatic heterocycles. The molecule has 0 radical (unpaired) electrons. The number of ether oxygens (including phenoxy) is 1. The summed E-state index contributed by atoms with van der Waals surface area (Å²) in [5.41, 5.74) is 4.51. The zero-order valence-electron chi connectivity index (χ0n) is 15.7. The molecule has 0 amide bonds. The molecule has 0 bridgehead atoms. The van der Waals surface area contributed by atoms with Gasteiger partial charge in [0.25, 0.3) is 0 Å². The van der Waals surface area contributed by atoms with Crippen LogP contribution in [0.4, 0.5) is 0 Å². The summed E-state index contributed by atoms with van der Waals surface area (Å²) in [5, 5.41) is 0. The summed E-state index contributed by atoms with van der Waals surface area (Å²) in [6.07, 6.45) is 8.17. The molecule has 0 spiro atoms. The standard InChI is InChI=1S/C24H28O2/c1-17-10-12-18(13-11-17)14-21-15-20-8-5-9-22(23(20)24(21)25)26-16-19-6-3-2-4-7-19/h5,8-13,19,21H,2-4,6-7,14-16H2,1H3. The van der Waals surface area contributed by atoms with Crippen LogP contribution in [0.15, 0.2) is 42.5 Å². The first kappa shape index (κ1) is 17.3. The quantitative estimate of drug-likeness (QED) is 0.708. The minimum atomic E-state index is 0.0483. The van der Waals surface area contributed by atoms with Crippen LogP contribution in [-0.2, 0) is 12.8 Å². The second-order valence-corrected chi connectivity index (χ2v) is 8.06. The maximum atomic E-state index is 13.1. The molecule has 26 heavy (non-hydrogen) atoms. The predicted molar refractivity (Wildman–Crippen MR) is 105 cm³/mol. The van der Waals surface area contributed by atoms with E-state index in [1.165, 1.54) is 43.2 Å². The smallest absolute Gasteiger partial charge is 0.170 e. The lowest BCUT2D eigenvalue weighted by atomic mass is 9.90. The third-order valence-corrected chi connectivity index (χ3v) is 6.00. The van der Waals surface area contributed by atoms with Gasteiger partial charge in [-0.1, -0.05) is 61.2 Å². The highest BCUT2D eigenvalue weighted by molar-refractivity contribution is 6.04. The molecule has 0 heterocycles. The lowest BCUT2D eigenvalue weighted by Crippen LogP contribution is -2.17. The normalized spacial score (nSPS) is 20.2. The highest BCUT2D eigenvalue weighted by Gasteiger charge is 2.33. The highest BCUT2D eigenvalue weighted by Crippen LogP contribution is 2.36. The Balaban J connectivity index is 1.46. The van der Waals surface area contributed by atoms with Gasteiger partial charge in [0.1, 0.15) is 5.75 Å². The number of carbonyl (C=O) groups is 1. The van der Waals surface area contributed by atoms with Gasteiger partial charge in [-0.15, -0.1) is 0 Å². The number of aryl methyl sites for hydroxylation is 1. The van der Waals surface area contributed by atoms with Crippen LogP contribution >= 0.6 is 0 Å². The lowest BCUT2D eigenvalue weighted by molar-refractivity contribution is 0.0931. The fourth-order valence-electron chi connectivity index (χ4n) is 4.44. The second kappa shape index (κ2) is 7.65. The Labute approximate surface area is 156 Å². The van der Waals surface area contributed by atoms with E-state index in [1.807, 2.05) is 12.1 Å². The summed E-state index contributed by atoms with van der Waals surface area (Å²) in [4.78, 5) is 13.1. The largest absolute Gasteiger partial charge is 0.493 e. The van der Waals surface area contributed by atoms with Crippen molar-refractivity contribution in [1.29, 1.82) is 0 Å². The van der Waals surface area contributed by atoms with Crippen LogP contribution in [0.2, 0.25) is 0 Å². The average Bonchev–Trinajstić information content (AvgIpc) is 2.99. The van der Waals surface area contributed by atoms with Crippen molar-refractivity contribution in [2.45, 2.75) is 51.9 Å². The lowest BCUT2D eigenvalue weighted by Gasteiger charge is -2.22. The average molecular weight is 348 g/mol. The van der Waals surface area contributed by atoms with Gasteiger partial charge < -0.3 is 4.74 Å². The molecule has 0 saturated heterocycles. The van der Waals surface area contributed by atoms with Crippen LogP contribution < -0.4 is 4.74 Å². The number of hydrogen-bond donors (Lipinski definition) is 0. The van der Waals surface area contributed by atoms with E-state index >= 15 is 0 Å². The number of carbonyl (C=O) groups excluding carboxylic acids is 1. The van der Waals surface area contributed by atoms with E-state index in [0.29, 0.717) is 5.92 Å². The van der Waals surface area contributed by atoms with Gasteiger partial charge in [0.05, 0.1) is 12.2 Å². The first-order valence-electron chi connectivity index (χ1n) is 10.0. The molecule has 2 aromatic rings. The van der Waals surface area contributed by atoms with Gasteiger partial charge in [0.15, 0.2) is 5.78 Å². The monoisotopic (exact) mass is 348 g/mol. The van der Waals surface area contributed by atoms with E-state index in [0.717, 1.165) is 36.3 Å². The van der Waals surface area contributed by atoms with E-state index < -0.39 is 0 Å². The molecule has 1 fully saturated rings. The molecule has 2 aliphatic rings. The van der Waals surface area contributed by atoms with Gasteiger partial charge in [-0.2, -0.15) is 0 Å². The Morgan fingerprint density at radius 3 is 2.54 bits per heavy atom. The first-order valence-corrected chi connectivity index (χ1v) is 10.0. The third kappa shape index (κ3) is 3.70. The molecule has 2 heteroatoms. The van der Waals surface area contributed by atoms with Crippen molar-refractivity contribution in [2.75, 3.05) is 6.61 Å². The fourth-order valence-corrected chi connectivity index (χ4v) is 4.44. The molecule has 0 N–H and O–H groups in total. The maximum Gasteiger partial charge on any atom is 0.170 e. The Hall–Kier alpha value is -2.09. The van der Waals surface area contributed by atoms with Crippen LogP contribution in [0.3, 0.4) is 0 Å². The highest BCUT2D eigenvalue weighted by atomic mass is 16.5. The Morgan fingerprint density at radius 1 is 1.00 bits per heavy atom. The van der Waals surface area contributed by atoms with E-state index in [1.54, 1.807) is 0 Å². The summed E-state index contributed by atoms with van der Waals surface area (Å²) in [5.74, 6) is 1.77. The van der Waals surface area contributed by atoms with Gasteiger partial charge >= 0.3 is 0 Å². The van der Waals surface area contributed by atoms with Crippen LogP contribution in [0, 0.1) is 18.8 Å². The summed E-state index contributed by atoms with van der Waals surface area (Å²) in [6.45, 7) is 2.85. The minimum Gasteiger partial charge on any atom is -0.493 e. The van der Waals surface area contributed by atoms with Crippen molar-refractivity contribution in [1.82, 2.24) is 0 Å². The fraction of sp³-hybridized carbons (Fsp3) is 0.458. The summed E-state index contributed by atoms with van der Waals surface area (Å²) < 4.78 is 6.15. The molecule has 2 aromatic carbocycles. The van der Waals surface area contributed by atoms with Crippen LogP contribution in [0.25, 0.3) is 0 Å². The summed E-state index contributed by atoms with van der Waals surface area (Å²) in [6, 6.07) is 14.7. The molecule has 2 aliphatic carbocycles. The SMILES string of the molecule is Cc1ccc(CC2Cc3cccc(OCC4CCCCC4)c3C2=O)cc1. The van der Waals surface area contributed by atoms with E-state index in [-0.39, 0.29) is 11.7 Å². The zero-order valence-corrected chi connectivity index (χ0v) is 15.7. The summed E-state index contributed by atoms with van der Waals surface area (Å²) in [7, 11) is 0. The molecule has 4 rings (SSSR count). The number of rotatable bonds is 5. The summed E-state index contributed by atoms with van der Waals surface area (Å²) >= 11 is 0. The number of benzene rings is 2. The predicted octanol–water partition coefficient (Wildman–Crippen LogP) is 5.55. The van der Waals surface area contributed by atoms with E-state index in [9.17, 15) is 4.79 Å². The molecule has 2 nitrogen and oxygen atoms in total. The number of Topliss-reactive ketones (excluding diaryl/α,β-unsaturated/α-hetero) is 1. The topological polar surface area (TPSA) is 26.3 Å². The van der Waals surface area contributed by atoms with Crippen LogP contribution in [0.5, 0.6) is 5.75 Å². The van der Waals surface area contributed by atoms with Crippen molar-refractivity contribution in [2.24, 2.45) is 11.8 Å². The molecule has 1 saturated carbocycles. The van der Waals surface area contributed by atoms with Crippen molar-refractivity contribution >= 4 is 5.78 Å². The molecular formula is C24H28O2. The number of ketones is 1. The molecule has 0 aliphatic heterocycles. The van der Waals surface area contributed by atoms with E-state index in [2.05, 4.69) is 37.3 Å². The minimum absolute atomic E-state index is 0.0483. The number of fused-ring (bicyclic) bond motifs is 1. The van der Waals surface area contributed by atoms with Crippen molar-refractivity contribution in [3.8, 4) is 5.75 Å². The Morgan fingerprint density at radius 2 is 1.77 bits per heavy atom. The van der Waals surface area contributed by atoms with Gasteiger partial charge in [0.2, 0.25) is 0 Å². The van der Waals surface area contributed by atoms with Gasteiger partial charge in [-0.25, -0.2) is 0 Å². The molecular weight excluding hydrogens is 320 g/mol. The van der Waals surface area contributed by atoms with Crippen molar-refractivity contribution < 1.29 is 9.53 Å². The Kier molecular flexibility index (Phi) is 5.10. The third-order valence-electron chi connectivity index (χ3n) is 6.00. The van der Waals surface area contributed by atoms with Crippen molar-refractivity contribution in [3.05, 3.63) is 64.7 Å². The zero-order chi connectivity index (χ0) is 17.9. The first-order chi connectivity index (χ1) is 12.7. The van der Waals surface area contributed by atoms with Gasteiger partial charge in [-0.05, 0) is 55.7 Å². The second-order valence-electron chi connectivity index (χ2n) is 8.06.